The lowest BCUT2D eigenvalue weighted by atomic mass is 10.1. The minimum absolute atomic E-state index is 0.206. The first kappa shape index (κ1) is 19.5. The first-order chi connectivity index (χ1) is 13.6. The standard InChI is InChI=1S/C22H25N3O3/c1-17(18-6-4-3-5-7-18)14-22(27)23-20-15-19(8-9-21(20)28-2)25-12-10-24(16-26)11-13-25/h3-9,14-16H,10-13H2,1-2H3,(H,23,27)/b17-14+. The number of amides is 2. The van der Waals surface area contributed by atoms with Crippen LogP contribution in [0.25, 0.3) is 5.57 Å². The molecule has 0 atom stereocenters. The Morgan fingerprint density at radius 3 is 2.43 bits per heavy atom. The zero-order chi connectivity index (χ0) is 19.9. The van der Waals surface area contributed by atoms with Crippen molar-refractivity contribution in [2.24, 2.45) is 0 Å². The summed E-state index contributed by atoms with van der Waals surface area (Å²) >= 11 is 0. The number of allylic oxidation sites excluding steroid dienone is 1. The Morgan fingerprint density at radius 2 is 1.79 bits per heavy atom. The van der Waals surface area contributed by atoms with Crippen molar-refractivity contribution in [2.75, 3.05) is 43.5 Å². The van der Waals surface area contributed by atoms with Crippen molar-refractivity contribution >= 4 is 29.3 Å². The second-order valence-corrected chi connectivity index (χ2v) is 6.70. The molecule has 0 radical (unpaired) electrons. The van der Waals surface area contributed by atoms with Gasteiger partial charge in [-0.3, -0.25) is 9.59 Å². The van der Waals surface area contributed by atoms with Crippen molar-refractivity contribution < 1.29 is 14.3 Å². The van der Waals surface area contributed by atoms with E-state index in [2.05, 4.69) is 10.2 Å². The van der Waals surface area contributed by atoms with Crippen LogP contribution in [0.4, 0.5) is 11.4 Å². The van der Waals surface area contributed by atoms with Crippen LogP contribution >= 0.6 is 0 Å². The summed E-state index contributed by atoms with van der Waals surface area (Å²) in [4.78, 5) is 27.4. The van der Waals surface area contributed by atoms with Crippen LogP contribution in [0.2, 0.25) is 0 Å². The third-order valence-corrected chi connectivity index (χ3v) is 4.85. The molecule has 0 spiro atoms. The molecule has 6 nitrogen and oxygen atoms in total. The number of rotatable bonds is 6. The van der Waals surface area contributed by atoms with Gasteiger partial charge >= 0.3 is 0 Å². The first-order valence-electron chi connectivity index (χ1n) is 9.27. The maximum Gasteiger partial charge on any atom is 0.248 e. The lowest BCUT2D eigenvalue weighted by Crippen LogP contribution is -2.45. The first-order valence-corrected chi connectivity index (χ1v) is 9.27. The molecule has 1 heterocycles. The molecule has 2 aromatic carbocycles. The van der Waals surface area contributed by atoms with Crippen LogP contribution in [0.3, 0.4) is 0 Å². The highest BCUT2D eigenvalue weighted by atomic mass is 16.5. The topological polar surface area (TPSA) is 61.9 Å². The van der Waals surface area contributed by atoms with Gasteiger partial charge in [0, 0.05) is 37.9 Å². The Hall–Kier alpha value is -3.28. The Bertz CT molecular complexity index is 857. The minimum Gasteiger partial charge on any atom is -0.495 e. The molecule has 2 amide bonds. The van der Waals surface area contributed by atoms with Crippen LogP contribution in [0, 0.1) is 0 Å². The fraction of sp³-hybridized carbons (Fsp3) is 0.273. The number of hydrogen-bond donors (Lipinski definition) is 1. The highest BCUT2D eigenvalue weighted by Gasteiger charge is 2.17. The van der Waals surface area contributed by atoms with E-state index in [1.54, 1.807) is 18.1 Å². The van der Waals surface area contributed by atoms with Gasteiger partial charge in [0.25, 0.3) is 0 Å². The van der Waals surface area contributed by atoms with Gasteiger partial charge in [0.15, 0.2) is 0 Å². The lowest BCUT2D eigenvalue weighted by Gasteiger charge is -2.34. The molecule has 0 aromatic heterocycles. The molecule has 28 heavy (non-hydrogen) atoms. The summed E-state index contributed by atoms with van der Waals surface area (Å²) in [6, 6.07) is 15.5. The molecule has 1 saturated heterocycles. The van der Waals surface area contributed by atoms with Crippen LogP contribution in [0.1, 0.15) is 12.5 Å². The molecule has 0 saturated carbocycles. The number of carbonyl (C=O) groups excluding carboxylic acids is 2. The number of hydrogen-bond acceptors (Lipinski definition) is 4. The van der Waals surface area contributed by atoms with Crippen molar-refractivity contribution in [3.63, 3.8) is 0 Å². The maximum atomic E-state index is 12.5. The predicted molar refractivity (Wildman–Crippen MR) is 112 cm³/mol. The van der Waals surface area contributed by atoms with Crippen molar-refractivity contribution in [2.45, 2.75) is 6.92 Å². The third kappa shape index (κ3) is 4.71. The third-order valence-electron chi connectivity index (χ3n) is 4.85. The van der Waals surface area contributed by atoms with E-state index in [-0.39, 0.29) is 5.91 Å². The summed E-state index contributed by atoms with van der Waals surface area (Å²) in [6.07, 6.45) is 2.47. The SMILES string of the molecule is COc1ccc(N2CCN(C=O)CC2)cc1NC(=O)/C=C(\C)c1ccccc1. The average Bonchev–Trinajstić information content (AvgIpc) is 2.74. The smallest absolute Gasteiger partial charge is 0.248 e. The quantitative estimate of drug-likeness (QED) is 0.619. The van der Waals surface area contributed by atoms with Gasteiger partial charge in [-0.25, -0.2) is 0 Å². The molecule has 1 aliphatic rings. The summed E-state index contributed by atoms with van der Waals surface area (Å²) in [5.41, 5.74) is 3.51. The molecule has 3 rings (SSSR count). The summed E-state index contributed by atoms with van der Waals surface area (Å²) in [7, 11) is 1.58. The lowest BCUT2D eigenvalue weighted by molar-refractivity contribution is -0.118. The van der Waals surface area contributed by atoms with E-state index in [9.17, 15) is 9.59 Å². The van der Waals surface area contributed by atoms with Crippen LogP contribution in [-0.2, 0) is 9.59 Å². The number of nitrogens with zero attached hydrogens (tertiary/aromatic N) is 2. The van der Waals surface area contributed by atoms with E-state index in [1.807, 2.05) is 55.5 Å². The van der Waals surface area contributed by atoms with E-state index in [4.69, 9.17) is 4.74 Å². The second-order valence-electron chi connectivity index (χ2n) is 6.70. The van der Waals surface area contributed by atoms with Crippen molar-refractivity contribution in [3.8, 4) is 5.75 Å². The minimum atomic E-state index is -0.206. The van der Waals surface area contributed by atoms with Crippen LogP contribution in [0.15, 0.2) is 54.6 Å². The largest absolute Gasteiger partial charge is 0.495 e. The molecule has 1 fully saturated rings. The molecular weight excluding hydrogens is 354 g/mol. The molecule has 146 valence electrons. The molecule has 1 aliphatic heterocycles. The van der Waals surface area contributed by atoms with E-state index in [0.29, 0.717) is 24.5 Å². The number of nitrogens with one attached hydrogen (secondary N) is 1. The Balaban J connectivity index is 1.75. The molecule has 0 bridgehead atoms. The van der Waals surface area contributed by atoms with Crippen LogP contribution in [-0.4, -0.2) is 50.5 Å². The molecular formula is C22H25N3O3. The molecule has 6 heteroatoms. The van der Waals surface area contributed by atoms with E-state index < -0.39 is 0 Å². The van der Waals surface area contributed by atoms with Crippen LogP contribution in [0.5, 0.6) is 5.75 Å². The normalized spacial score (nSPS) is 14.6. The fourth-order valence-corrected chi connectivity index (χ4v) is 3.23. The predicted octanol–water partition coefficient (Wildman–Crippen LogP) is 3.02. The molecule has 1 N–H and O–H groups in total. The number of ether oxygens (including phenoxy) is 1. The number of methoxy groups -OCH3 is 1. The zero-order valence-corrected chi connectivity index (χ0v) is 16.2. The molecule has 0 unspecified atom stereocenters. The van der Waals surface area contributed by atoms with Gasteiger partial charge in [-0.15, -0.1) is 0 Å². The van der Waals surface area contributed by atoms with Gasteiger partial charge in [-0.2, -0.15) is 0 Å². The van der Waals surface area contributed by atoms with Gasteiger partial charge in [0.1, 0.15) is 5.75 Å². The fourth-order valence-electron chi connectivity index (χ4n) is 3.23. The van der Waals surface area contributed by atoms with Gasteiger partial charge in [0.05, 0.1) is 12.8 Å². The maximum absolute atomic E-state index is 12.5. The number of anilines is 2. The van der Waals surface area contributed by atoms with E-state index >= 15 is 0 Å². The van der Waals surface area contributed by atoms with Gasteiger partial charge in [0.2, 0.25) is 12.3 Å². The number of benzene rings is 2. The summed E-state index contributed by atoms with van der Waals surface area (Å²) in [6.45, 7) is 4.80. The summed E-state index contributed by atoms with van der Waals surface area (Å²) in [5, 5.41) is 2.93. The summed E-state index contributed by atoms with van der Waals surface area (Å²) < 4.78 is 5.40. The highest BCUT2D eigenvalue weighted by molar-refractivity contribution is 6.04. The van der Waals surface area contributed by atoms with Gasteiger partial charge < -0.3 is 19.9 Å². The summed E-state index contributed by atoms with van der Waals surface area (Å²) in [5.74, 6) is 0.400. The van der Waals surface area contributed by atoms with Crippen molar-refractivity contribution in [1.29, 1.82) is 0 Å². The molecule has 0 aliphatic carbocycles. The number of piperazine rings is 1. The molecule has 2 aromatic rings. The second kappa shape index (κ2) is 9.08. The van der Waals surface area contributed by atoms with E-state index in [0.717, 1.165) is 36.3 Å². The van der Waals surface area contributed by atoms with E-state index in [1.165, 1.54) is 0 Å². The van der Waals surface area contributed by atoms with Crippen molar-refractivity contribution in [3.05, 3.63) is 60.2 Å². The van der Waals surface area contributed by atoms with Gasteiger partial charge in [-0.1, -0.05) is 30.3 Å². The highest BCUT2D eigenvalue weighted by Crippen LogP contribution is 2.30. The Morgan fingerprint density at radius 1 is 1.07 bits per heavy atom. The van der Waals surface area contributed by atoms with Crippen molar-refractivity contribution in [1.82, 2.24) is 4.90 Å². The Kier molecular flexibility index (Phi) is 6.32. The van der Waals surface area contributed by atoms with Crippen LogP contribution < -0.4 is 15.0 Å². The average molecular weight is 379 g/mol. The zero-order valence-electron chi connectivity index (χ0n) is 16.2. The number of carbonyl (C=O) groups is 2. The monoisotopic (exact) mass is 379 g/mol. The van der Waals surface area contributed by atoms with Gasteiger partial charge in [-0.05, 0) is 36.3 Å². The Labute approximate surface area is 165 Å².